The van der Waals surface area contributed by atoms with Gasteiger partial charge in [-0.3, -0.25) is 0 Å². The molecule has 2 aromatic heterocycles. The number of carbonyl (C=O) groups excluding carboxylic acids is 2. The quantitative estimate of drug-likeness (QED) is 0.690. The predicted octanol–water partition coefficient (Wildman–Crippen LogP) is 2.82. The molecule has 0 aromatic carbocycles. The third kappa shape index (κ3) is 8.37. The van der Waals surface area contributed by atoms with Crippen LogP contribution in [0.25, 0.3) is 0 Å². The predicted molar refractivity (Wildman–Crippen MR) is 88.9 cm³/mol. The Hall–Kier alpha value is -2.29. The summed E-state index contributed by atoms with van der Waals surface area (Å²) in [5.41, 5.74) is 0.0966. The first kappa shape index (κ1) is 21.7. The van der Waals surface area contributed by atoms with Crippen molar-refractivity contribution in [3.63, 3.8) is 0 Å². The van der Waals surface area contributed by atoms with E-state index in [1.54, 1.807) is 13.3 Å². The van der Waals surface area contributed by atoms with Crippen molar-refractivity contribution in [3.8, 4) is 11.5 Å². The molecule has 0 unspecified atom stereocenters. The number of hydrogen-bond acceptors (Lipinski definition) is 7. The van der Waals surface area contributed by atoms with Crippen LogP contribution in [-0.2, 0) is 9.59 Å². The molecule has 0 fully saturated rings. The van der Waals surface area contributed by atoms with Gasteiger partial charge in [0.15, 0.2) is 5.75 Å². The number of aromatic carboxylic acids is 1. The van der Waals surface area contributed by atoms with Crippen LogP contribution in [0.1, 0.15) is 10.4 Å². The topological polar surface area (TPSA) is 116 Å². The molecule has 8 nitrogen and oxygen atoms in total. The summed E-state index contributed by atoms with van der Waals surface area (Å²) >= 11 is 6.27. The van der Waals surface area contributed by atoms with Crippen molar-refractivity contribution in [2.75, 3.05) is 14.2 Å². The third-order valence-corrected chi connectivity index (χ3v) is 3.12. The second-order valence-corrected chi connectivity index (χ2v) is 5.24. The van der Waals surface area contributed by atoms with E-state index in [9.17, 15) is 4.79 Å². The van der Waals surface area contributed by atoms with Crippen LogP contribution < -0.4 is 9.47 Å². The highest BCUT2D eigenvalue weighted by Gasteiger charge is 2.11. The summed E-state index contributed by atoms with van der Waals surface area (Å²) in [6, 6.07) is 5.07. The fourth-order valence-electron chi connectivity index (χ4n) is 1.23. The monoisotopic (exact) mass is 462 g/mol. The lowest BCUT2D eigenvalue weighted by Gasteiger charge is -2.02. The number of aromatic nitrogens is 2. The van der Waals surface area contributed by atoms with Crippen LogP contribution in [0.4, 0.5) is 0 Å². The number of ether oxygens (including phenoxy) is 2. The number of rotatable bonds is 3. The number of halogens is 2. The number of carbonyl (C=O) groups is 1. The first-order valence-corrected chi connectivity index (χ1v) is 7.55. The highest BCUT2D eigenvalue weighted by atomic mass is 79.9. The van der Waals surface area contributed by atoms with Crippen molar-refractivity contribution in [3.05, 3.63) is 45.4 Å². The van der Waals surface area contributed by atoms with Gasteiger partial charge in [-0.05, 0) is 50.1 Å². The van der Waals surface area contributed by atoms with E-state index in [1.165, 1.54) is 19.4 Å². The van der Waals surface area contributed by atoms with Crippen LogP contribution in [0, 0.1) is 0 Å². The minimum Gasteiger partial charge on any atom is -0.495 e. The van der Waals surface area contributed by atoms with Gasteiger partial charge < -0.3 is 14.6 Å². The van der Waals surface area contributed by atoms with Crippen LogP contribution in [0.5, 0.6) is 11.5 Å². The zero-order chi connectivity index (χ0) is 18.5. The Balaban J connectivity index is 0.000000390. The number of hydrogen-bond donors (Lipinski definition) is 1. The van der Waals surface area contributed by atoms with Gasteiger partial charge in [-0.15, -0.1) is 0 Å². The molecule has 0 saturated heterocycles. The number of carboxylic acid groups (broad SMARTS) is 1. The van der Waals surface area contributed by atoms with Gasteiger partial charge in [-0.25, -0.2) is 14.8 Å². The molecule has 0 saturated carbocycles. The molecule has 2 rings (SSSR count). The molecule has 0 amide bonds. The number of pyridine rings is 2. The molecule has 0 spiro atoms. The molecule has 0 bridgehead atoms. The Bertz CT molecular complexity index is 688. The van der Waals surface area contributed by atoms with Crippen molar-refractivity contribution in [1.82, 2.24) is 9.97 Å². The van der Waals surface area contributed by atoms with E-state index in [4.69, 9.17) is 24.2 Å². The molecule has 0 aliphatic heterocycles. The van der Waals surface area contributed by atoms with Crippen molar-refractivity contribution in [2.24, 2.45) is 0 Å². The van der Waals surface area contributed by atoms with E-state index in [0.29, 0.717) is 4.60 Å². The molecular weight excluding hydrogens is 452 g/mol. The zero-order valence-corrected chi connectivity index (χ0v) is 15.7. The summed E-state index contributed by atoms with van der Waals surface area (Å²) in [4.78, 5) is 34.6. The molecule has 0 radical (unpaired) electrons. The smallest absolute Gasteiger partial charge is 0.373 e. The summed E-state index contributed by atoms with van der Waals surface area (Å²) in [5.74, 6) is -0.00106. The van der Waals surface area contributed by atoms with E-state index in [0.717, 1.165) is 10.4 Å². The molecule has 128 valence electrons. The van der Waals surface area contributed by atoms with Crippen molar-refractivity contribution in [1.29, 1.82) is 0 Å². The van der Waals surface area contributed by atoms with E-state index in [2.05, 4.69) is 41.8 Å². The molecule has 1 N–H and O–H groups in total. The Kier molecular flexibility index (Phi) is 11.0. The van der Waals surface area contributed by atoms with Crippen LogP contribution in [-0.4, -0.2) is 41.4 Å². The Labute approximate surface area is 154 Å². The maximum atomic E-state index is 10.6. The lowest BCUT2D eigenvalue weighted by Crippen LogP contribution is -2.01. The Morgan fingerprint density at radius 2 is 1.67 bits per heavy atom. The second-order valence-electron chi connectivity index (χ2n) is 3.62. The van der Waals surface area contributed by atoms with E-state index < -0.39 is 5.97 Å². The van der Waals surface area contributed by atoms with Crippen LogP contribution in [0.2, 0.25) is 0 Å². The normalized spacial score (nSPS) is 8.50. The average Bonchev–Trinajstić information content (AvgIpc) is 2.57. The maximum absolute atomic E-state index is 10.6. The van der Waals surface area contributed by atoms with Crippen molar-refractivity contribution >= 4 is 44.0 Å². The first-order chi connectivity index (χ1) is 11.4. The fourth-order valence-corrected chi connectivity index (χ4v) is 1.80. The third-order valence-electron chi connectivity index (χ3n) is 2.22. The highest BCUT2D eigenvalue weighted by Crippen LogP contribution is 2.19. The Morgan fingerprint density at radius 3 is 2.08 bits per heavy atom. The Morgan fingerprint density at radius 1 is 1.08 bits per heavy atom. The average molecular weight is 464 g/mol. The standard InChI is InChI=1S/C7H6BrNO3.C6H6BrNO.CO2/c1-12-5-3-9-6(8)2-4(5)7(10)11;1-9-5-2-3-6(7)8-4-5;2-1-3/h2-3H,1H3,(H,10,11);2-4H,1H3;. The number of nitrogens with zero attached hydrogens (tertiary/aromatic N) is 2. The van der Waals surface area contributed by atoms with E-state index in [1.807, 2.05) is 12.1 Å². The lowest BCUT2D eigenvalue weighted by molar-refractivity contribution is -0.191. The SMILES string of the molecule is COc1ccc(Br)nc1.COc1cnc(Br)cc1C(=O)O.O=C=O. The van der Waals surface area contributed by atoms with Crippen molar-refractivity contribution < 1.29 is 29.0 Å². The van der Waals surface area contributed by atoms with Gasteiger partial charge in [0.25, 0.3) is 0 Å². The van der Waals surface area contributed by atoms with Gasteiger partial charge in [-0.2, -0.15) is 9.59 Å². The zero-order valence-electron chi connectivity index (χ0n) is 12.5. The largest absolute Gasteiger partial charge is 0.495 e. The van der Waals surface area contributed by atoms with Gasteiger partial charge in [0.1, 0.15) is 20.5 Å². The molecule has 2 heterocycles. The van der Waals surface area contributed by atoms with Crippen LogP contribution in [0.15, 0.2) is 39.8 Å². The molecular formula is C14H12Br2N2O6. The van der Waals surface area contributed by atoms with Gasteiger partial charge in [0, 0.05) is 0 Å². The van der Waals surface area contributed by atoms with Crippen molar-refractivity contribution in [2.45, 2.75) is 0 Å². The molecule has 24 heavy (non-hydrogen) atoms. The lowest BCUT2D eigenvalue weighted by atomic mass is 10.2. The highest BCUT2D eigenvalue weighted by molar-refractivity contribution is 9.10. The van der Waals surface area contributed by atoms with Gasteiger partial charge in [-0.1, -0.05) is 0 Å². The molecule has 10 heteroatoms. The van der Waals surface area contributed by atoms with Gasteiger partial charge in [0.05, 0.1) is 26.6 Å². The minimum absolute atomic E-state index is 0.0966. The minimum atomic E-state index is -1.03. The van der Waals surface area contributed by atoms with Crippen LogP contribution in [0.3, 0.4) is 0 Å². The fraction of sp³-hybridized carbons (Fsp3) is 0.143. The van der Waals surface area contributed by atoms with Gasteiger partial charge in [0.2, 0.25) is 0 Å². The first-order valence-electron chi connectivity index (χ1n) is 5.97. The van der Waals surface area contributed by atoms with Gasteiger partial charge >= 0.3 is 12.1 Å². The molecule has 0 aliphatic rings. The number of carboxylic acids is 1. The number of methoxy groups -OCH3 is 2. The summed E-state index contributed by atoms with van der Waals surface area (Å²) in [7, 11) is 3.02. The molecule has 0 atom stereocenters. The second kappa shape index (κ2) is 12.2. The summed E-state index contributed by atoms with van der Waals surface area (Å²) < 4.78 is 11.0. The summed E-state index contributed by atoms with van der Waals surface area (Å²) in [6.07, 6.45) is 3.26. The van der Waals surface area contributed by atoms with E-state index >= 15 is 0 Å². The molecule has 2 aromatic rings. The van der Waals surface area contributed by atoms with Crippen LogP contribution >= 0.6 is 31.9 Å². The summed E-state index contributed by atoms with van der Waals surface area (Å²) in [5, 5.41) is 8.69. The van der Waals surface area contributed by atoms with E-state index in [-0.39, 0.29) is 17.5 Å². The maximum Gasteiger partial charge on any atom is 0.373 e. The summed E-state index contributed by atoms with van der Waals surface area (Å²) in [6.45, 7) is 0. The molecule has 0 aliphatic carbocycles.